The summed E-state index contributed by atoms with van der Waals surface area (Å²) in [6.45, 7) is 2.98. The molecule has 0 radical (unpaired) electrons. The van der Waals surface area contributed by atoms with Gasteiger partial charge in [0.25, 0.3) is 0 Å². The van der Waals surface area contributed by atoms with Crippen molar-refractivity contribution in [2.75, 3.05) is 6.61 Å². The monoisotopic (exact) mass is 336 g/mol. The lowest BCUT2D eigenvalue weighted by atomic mass is 9.97. The highest BCUT2D eigenvalue weighted by molar-refractivity contribution is 5.72. The van der Waals surface area contributed by atoms with Gasteiger partial charge in [-0.15, -0.1) is 0 Å². The van der Waals surface area contributed by atoms with Gasteiger partial charge in [0.15, 0.2) is 6.10 Å². The van der Waals surface area contributed by atoms with Crippen molar-refractivity contribution < 1.29 is 39.8 Å². The summed E-state index contributed by atoms with van der Waals surface area (Å²) in [4.78, 5) is 12.0. The van der Waals surface area contributed by atoms with Crippen LogP contribution in [0.2, 0.25) is 0 Å². The number of ether oxygens (including phenoxy) is 2. The number of hydrogen-bond donors (Lipinski definition) is 5. The number of rotatable bonds is 8. The van der Waals surface area contributed by atoms with Gasteiger partial charge in [-0.25, -0.2) is 0 Å². The van der Waals surface area contributed by atoms with Crippen molar-refractivity contribution in [3.8, 4) is 0 Å². The Labute approximate surface area is 135 Å². The quantitative estimate of drug-likeness (QED) is 0.222. The molecule has 23 heavy (non-hydrogen) atoms. The number of unbranched alkanes of at least 4 members (excludes halogenated alkanes) is 3. The zero-order valence-corrected chi connectivity index (χ0v) is 13.6. The van der Waals surface area contributed by atoms with E-state index in [1.807, 2.05) is 0 Å². The third kappa shape index (κ3) is 5.10. The average molecular weight is 336 g/mol. The van der Waals surface area contributed by atoms with Crippen LogP contribution >= 0.6 is 0 Å². The van der Waals surface area contributed by atoms with Crippen molar-refractivity contribution in [2.45, 2.75) is 76.3 Å². The molecule has 6 atom stereocenters. The number of hydrogen-bond acceptors (Lipinski definition) is 8. The second-order valence-electron chi connectivity index (χ2n) is 6.07. The second kappa shape index (κ2) is 8.91. The summed E-state index contributed by atoms with van der Waals surface area (Å²) >= 11 is 0. The Morgan fingerprint density at radius 1 is 1.22 bits per heavy atom. The molecular formula is C15H28O8. The summed E-state index contributed by atoms with van der Waals surface area (Å²) in [6, 6.07) is 0. The van der Waals surface area contributed by atoms with E-state index in [0.29, 0.717) is 6.42 Å². The van der Waals surface area contributed by atoms with Crippen LogP contribution in [0.25, 0.3) is 0 Å². The molecule has 0 aromatic heterocycles. The first-order chi connectivity index (χ1) is 10.8. The summed E-state index contributed by atoms with van der Waals surface area (Å²) in [5, 5.41) is 48.3. The molecule has 1 rings (SSSR count). The molecule has 0 aromatic carbocycles. The van der Waals surface area contributed by atoms with Gasteiger partial charge >= 0.3 is 11.9 Å². The second-order valence-corrected chi connectivity index (χ2v) is 6.07. The molecule has 0 saturated carbocycles. The van der Waals surface area contributed by atoms with E-state index >= 15 is 0 Å². The highest BCUT2D eigenvalue weighted by Gasteiger charge is 2.56. The molecule has 0 spiro atoms. The zero-order valence-electron chi connectivity index (χ0n) is 13.6. The molecule has 0 aliphatic carbocycles. The first kappa shape index (κ1) is 20.3. The zero-order chi connectivity index (χ0) is 17.6. The summed E-state index contributed by atoms with van der Waals surface area (Å²) in [5.41, 5.74) is 0. The van der Waals surface area contributed by atoms with Crippen LogP contribution in [-0.2, 0) is 14.3 Å². The summed E-state index contributed by atoms with van der Waals surface area (Å²) in [5.74, 6) is -4.12. The summed E-state index contributed by atoms with van der Waals surface area (Å²) < 4.78 is 9.71. The van der Waals surface area contributed by atoms with Crippen LogP contribution in [0, 0.1) is 5.92 Å². The fraction of sp³-hybridized carbons (Fsp3) is 0.933. The van der Waals surface area contributed by atoms with Gasteiger partial charge in [-0.3, -0.25) is 4.79 Å². The first-order valence-corrected chi connectivity index (χ1v) is 8.04. The van der Waals surface area contributed by atoms with Crippen molar-refractivity contribution in [2.24, 2.45) is 5.92 Å². The Hall–Kier alpha value is -0.770. The maximum atomic E-state index is 12.0. The maximum Gasteiger partial charge on any atom is 0.357 e. The van der Waals surface area contributed by atoms with Gasteiger partial charge in [0, 0.05) is 0 Å². The van der Waals surface area contributed by atoms with Gasteiger partial charge in [-0.05, 0) is 6.42 Å². The molecule has 2 unspecified atom stereocenters. The lowest BCUT2D eigenvalue weighted by molar-refractivity contribution is -0.434. The molecule has 0 bridgehead atoms. The van der Waals surface area contributed by atoms with Gasteiger partial charge in [0.1, 0.15) is 18.3 Å². The fourth-order valence-corrected chi connectivity index (χ4v) is 2.45. The minimum atomic E-state index is -2.80. The number of carbonyl (C=O) groups is 1. The molecular weight excluding hydrogens is 308 g/mol. The molecule has 0 amide bonds. The Morgan fingerprint density at radius 3 is 2.43 bits per heavy atom. The standard InChI is InChI=1S/C15H28O8/c1-3-4-5-6-7-9(2)14(20)23-15(21)13(19)12(18)11(17)10(8-16)22-15/h9-13,16-19,21H,3-8H2,1-2H3/t9?,10-,11-,12+,13-,15?/m1/s1. The molecule has 0 aromatic rings. The lowest BCUT2D eigenvalue weighted by Crippen LogP contribution is -2.66. The Bertz CT molecular complexity index is 374. The van der Waals surface area contributed by atoms with E-state index in [1.165, 1.54) is 0 Å². The number of esters is 1. The Morgan fingerprint density at radius 2 is 1.87 bits per heavy atom. The fourth-order valence-electron chi connectivity index (χ4n) is 2.45. The first-order valence-electron chi connectivity index (χ1n) is 8.04. The SMILES string of the molecule is CCCCCCC(C)C(=O)OC1(O)O[C@H](CO)[C@@H](O)[C@H](O)[C@H]1O. The predicted octanol–water partition coefficient (Wildman–Crippen LogP) is -0.744. The molecule has 8 heteroatoms. The van der Waals surface area contributed by atoms with E-state index in [0.717, 1.165) is 25.7 Å². The highest BCUT2D eigenvalue weighted by atomic mass is 16.8. The third-order valence-corrected chi connectivity index (χ3v) is 4.07. The summed E-state index contributed by atoms with van der Waals surface area (Å²) in [7, 11) is 0. The van der Waals surface area contributed by atoms with Crippen LogP contribution in [0.1, 0.15) is 46.0 Å². The van der Waals surface area contributed by atoms with Crippen molar-refractivity contribution in [1.29, 1.82) is 0 Å². The van der Waals surface area contributed by atoms with Crippen molar-refractivity contribution in [3.63, 3.8) is 0 Å². The number of carbonyl (C=O) groups excluding carboxylic acids is 1. The van der Waals surface area contributed by atoms with E-state index < -0.39 is 48.9 Å². The summed E-state index contributed by atoms with van der Waals surface area (Å²) in [6.07, 6.45) is -2.36. The van der Waals surface area contributed by atoms with Crippen molar-refractivity contribution >= 4 is 5.97 Å². The minimum Gasteiger partial charge on any atom is -0.405 e. The van der Waals surface area contributed by atoms with Crippen LogP contribution in [0.15, 0.2) is 0 Å². The normalized spacial score (nSPS) is 35.8. The van der Waals surface area contributed by atoms with E-state index in [4.69, 9.17) is 14.6 Å². The smallest absolute Gasteiger partial charge is 0.357 e. The van der Waals surface area contributed by atoms with Crippen LogP contribution in [-0.4, -0.2) is 68.5 Å². The Kier molecular flexibility index (Phi) is 7.85. The molecule has 1 heterocycles. The molecule has 1 fully saturated rings. The molecule has 136 valence electrons. The largest absolute Gasteiger partial charge is 0.405 e. The number of aliphatic hydroxyl groups is 5. The highest BCUT2D eigenvalue weighted by Crippen LogP contribution is 2.30. The average Bonchev–Trinajstić information content (AvgIpc) is 2.53. The van der Waals surface area contributed by atoms with Gasteiger partial charge in [0.05, 0.1) is 12.5 Å². The molecule has 8 nitrogen and oxygen atoms in total. The molecule has 5 N–H and O–H groups in total. The van der Waals surface area contributed by atoms with Crippen LogP contribution in [0.5, 0.6) is 0 Å². The molecule has 1 aliphatic heterocycles. The van der Waals surface area contributed by atoms with Crippen LogP contribution < -0.4 is 0 Å². The van der Waals surface area contributed by atoms with Gasteiger partial charge < -0.3 is 35.0 Å². The molecule has 1 aliphatic rings. The maximum absolute atomic E-state index is 12.0. The Balaban J connectivity index is 2.63. The van der Waals surface area contributed by atoms with E-state index in [1.54, 1.807) is 6.92 Å². The van der Waals surface area contributed by atoms with Crippen LogP contribution in [0.4, 0.5) is 0 Å². The predicted molar refractivity (Wildman–Crippen MR) is 78.9 cm³/mol. The van der Waals surface area contributed by atoms with E-state index in [-0.39, 0.29) is 0 Å². The van der Waals surface area contributed by atoms with Crippen molar-refractivity contribution in [1.82, 2.24) is 0 Å². The van der Waals surface area contributed by atoms with E-state index in [2.05, 4.69) is 6.92 Å². The topological polar surface area (TPSA) is 137 Å². The lowest BCUT2D eigenvalue weighted by Gasteiger charge is -2.44. The van der Waals surface area contributed by atoms with Gasteiger partial charge in [-0.2, -0.15) is 0 Å². The van der Waals surface area contributed by atoms with Gasteiger partial charge in [-0.1, -0.05) is 39.5 Å². The minimum absolute atomic E-state index is 0.525. The van der Waals surface area contributed by atoms with Gasteiger partial charge in [0.2, 0.25) is 0 Å². The number of aliphatic hydroxyl groups excluding tert-OH is 4. The molecule has 1 saturated heterocycles. The van der Waals surface area contributed by atoms with Crippen molar-refractivity contribution in [3.05, 3.63) is 0 Å². The third-order valence-electron chi connectivity index (χ3n) is 4.07. The van der Waals surface area contributed by atoms with E-state index in [9.17, 15) is 25.2 Å². The van der Waals surface area contributed by atoms with Crippen LogP contribution in [0.3, 0.4) is 0 Å².